The molecule has 1 unspecified atom stereocenters. The van der Waals surface area contributed by atoms with Crippen molar-refractivity contribution in [1.29, 1.82) is 0 Å². The van der Waals surface area contributed by atoms with Gasteiger partial charge in [0.1, 0.15) is 0 Å². The van der Waals surface area contributed by atoms with Crippen LogP contribution in [0.15, 0.2) is 0 Å². The molecule has 0 aromatic carbocycles. The van der Waals surface area contributed by atoms with Gasteiger partial charge in [0.05, 0.1) is 0 Å². The van der Waals surface area contributed by atoms with Crippen molar-refractivity contribution < 1.29 is 19.8 Å². The Bertz CT molecular complexity index is 235. The number of halogens is 2. The Balaban J connectivity index is -0.00000128. The van der Waals surface area contributed by atoms with Crippen LogP contribution in [0.3, 0.4) is 0 Å². The molecule has 1 atom stereocenters. The largest absolute Gasteiger partial charge is 0.481 e. The molecular weight excluding hydrogens is 291 g/mol. The second kappa shape index (κ2) is 15.6. The second-order valence-electron chi connectivity index (χ2n) is 4.74. The van der Waals surface area contributed by atoms with Crippen LogP contribution >= 0.6 is 24.8 Å². The average Bonchev–Trinajstić information content (AvgIpc) is 2.24. The van der Waals surface area contributed by atoms with Crippen molar-refractivity contribution in [3.05, 3.63) is 0 Å². The first-order valence-corrected chi connectivity index (χ1v) is 6.46. The maximum atomic E-state index is 10.4. The Morgan fingerprint density at radius 1 is 0.789 bits per heavy atom. The van der Waals surface area contributed by atoms with Gasteiger partial charge >= 0.3 is 11.9 Å². The molecule has 0 aliphatic rings. The molecule has 0 aromatic heterocycles. The van der Waals surface area contributed by atoms with Gasteiger partial charge in [-0.15, -0.1) is 24.8 Å². The van der Waals surface area contributed by atoms with Crippen LogP contribution in [-0.4, -0.2) is 22.2 Å². The summed E-state index contributed by atoms with van der Waals surface area (Å²) in [5, 5.41) is 17.0. The molecule has 0 saturated heterocycles. The highest BCUT2D eigenvalue weighted by atomic mass is 35.5. The summed E-state index contributed by atoms with van der Waals surface area (Å²) >= 11 is 0. The zero-order chi connectivity index (χ0) is 13.1. The monoisotopic (exact) mass is 316 g/mol. The highest BCUT2D eigenvalue weighted by Crippen LogP contribution is 2.16. The van der Waals surface area contributed by atoms with E-state index in [4.69, 9.17) is 10.2 Å². The fraction of sp³-hybridized carbons (Fsp3) is 0.846. The van der Waals surface area contributed by atoms with E-state index in [1.807, 2.05) is 0 Å². The lowest BCUT2D eigenvalue weighted by atomic mass is 9.97. The van der Waals surface area contributed by atoms with E-state index >= 15 is 0 Å². The van der Waals surface area contributed by atoms with E-state index in [1.165, 1.54) is 0 Å². The summed E-state index contributed by atoms with van der Waals surface area (Å²) in [7, 11) is 0. The summed E-state index contributed by atoms with van der Waals surface area (Å²) in [6.45, 7) is 2.09. The van der Waals surface area contributed by atoms with Crippen molar-refractivity contribution in [2.75, 3.05) is 0 Å². The van der Waals surface area contributed by atoms with Gasteiger partial charge in [-0.05, 0) is 18.8 Å². The van der Waals surface area contributed by atoms with Crippen molar-refractivity contribution >= 4 is 36.8 Å². The molecule has 6 heteroatoms. The zero-order valence-corrected chi connectivity index (χ0v) is 13.1. The first kappa shape index (κ1) is 23.6. The van der Waals surface area contributed by atoms with E-state index < -0.39 is 11.9 Å². The summed E-state index contributed by atoms with van der Waals surface area (Å²) in [6.07, 6.45) is 7.44. The molecule has 0 heterocycles. The smallest absolute Gasteiger partial charge is 0.303 e. The zero-order valence-electron chi connectivity index (χ0n) is 11.5. The molecule has 2 N–H and O–H groups in total. The molecule has 0 spiro atoms. The SMILES string of the molecule is CC(CCCCCCCC(=O)O)CCC(=O)O.Cl.Cl. The third-order valence-corrected chi connectivity index (χ3v) is 2.94. The first-order chi connectivity index (χ1) is 8.02. The van der Waals surface area contributed by atoms with Gasteiger partial charge in [-0.2, -0.15) is 0 Å². The van der Waals surface area contributed by atoms with Gasteiger partial charge in [-0.25, -0.2) is 0 Å². The minimum Gasteiger partial charge on any atom is -0.481 e. The van der Waals surface area contributed by atoms with Crippen molar-refractivity contribution in [1.82, 2.24) is 0 Å². The number of rotatable bonds is 11. The molecule has 0 fully saturated rings. The minimum absolute atomic E-state index is 0. The molecule has 0 amide bonds. The van der Waals surface area contributed by atoms with Crippen molar-refractivity contribution in [2.24, 2.45) is 5.92 Å². The molecule has 0 bridgehead atoms. The van der Waals surface area contributed by atoms with Gasteiger partial charge in [0, 0.05) is 12.8 Å². The highest BCUT2D eigenvalue weighted by Gasteiger charge is 2.05. The Labute approximate surface area is 127 Å². The Kier molecular flexibility index (Phi) is 19.3. The fourth-order valence-electron chi connectivity index (χ4n) is 1.81. The highest BCUT2D eigenvalue weighted by molar-refractivity contribution is 5.85. The summed E-state index contributed by atoms with van der Waals surface area (Å²) < 4.78 is 0. The minimum atomic E-state index is -0.717. The van der Waals surface area contributed by atoms with E-state index in [1.54, 1.807) is 0 Å². The third-order valence-electron chi connectivity index (χ3n) is 2.94. The van der Waals surface area contributed by atoms with E-state index in [2.05, 4.69) is 6.92 Å². The average molecular weight is 317 g/mol. The summed E-state index contributed by atoms with van der Waals surface area (Å²) in [5.41, 5.74) is 0. The Hall–Kier alpha value is -0.480. The van der Waals surface area contributed by atoms with E-state index in [0.29, 0.717) is 5.92 Å². The standard InChI is InChI=1S/C13H24O4.2ClH/c1-11(9-10-13(16)17)7-5-3-2-4-6-8-12(14)15;;/h11H,2-10H2,1H3,(H,14,15)(H,16,17);2*1H. The van der Waals surface area contributed by atoms with Crippen LogP contribution in [0.25, 0.3) is 0 Å². The maximum Gasteiger partial charge on any atom is 0.303 e. The van der Waals surface area contributed by atoms with Crippen LogP contribution in [-0.2, 0) is 9.59 Å². The fourth-order valence-corrected chi connectivity index (χ4v) is 1.81. The van der Waals surface area contributed by atoms with E-state index in [0.717, 1.165) is 44.9 Å². The molecule has 4 nitrogen and oxygen atoms in total. The van der Waals surface area contributed by atoms with Crippen LogP contribution in [0.4, 0.5) is 0 Å². The van der Waals surface area contributed by atoms with Gasteiger partial charge in [0.2, 0.25) is 0 Å². The molecule has 0 saturated carbocycles. The van der Waals surface area contributed by atoms with Gasteiger partial charge < -0.3 is 10.2 Å². The summed E-state index contributed by atoms with van der Waals surface area (Å²) in [5.74, 6) is -0.956. The summed E-state index contributed by atoms with van der Waals surface area (Å²) in [6, 6.07) is 0. The van der Waals surface area contributed by atoms with Gasteiger partial charge in [-0.3, -0.25) is 9.59 Å². The number of carboxylic acids is 2. The first-order valence-electron chi connectivity index (χ1n) is 6.46. The van der Waals surface area contributed by atoms with E-state index in [-0.39, 0.29) is 37.7 Å². The molecule has 0 aliphatic heterocycles. The third kappa shape index (κ3) is 20.0. The maximum absolute atomic E-state index is 10.4. The normalized spacial score (nSPS) is 11.0. The Morgan fingerprint density at radius 2 is 1.26 bits per heavy atom. The van der Waals surface area contributed by atoms with Gasteiger partial charge in [0.15, 0.2) is 0 Å². The quantitative estimate of drug-likeness (QED) is 0.561. The van der Waals surface area contributed by atoms with Crippen LogP contribution in [0.2, 0.25) is 0 Å². The second-order valence-corrected chi connectivity index (χ2v) is 4.74. The van der Waals surface area contributed by atoms with Crippen LogP contribution < -0.4 is 0 Å². The lowest BCUT2D eigenvalue weighted by Gasteiger charge is -2.09. The molecule has 116 valence electrons. The molecule has 19 heavy (non-hydrogen) atoms. The lowest BCUT2D eigenvalue weighted by Crippen LogP contribution is -2.01. The van der Waals surface area contributed by atoms with Gasteiger partial charge in [-0.1, -0.05) is 39.0 Å². The predicted molar refractivity (Wildman–Crippen MR) is 80.5 cm³/mol. The number of hydrogen-bond acceptors (Lipinski definition) is 2. The predicted octanol–water partition coefficient (Wildman–Crippen LogP) is 4.15. The molecular formula is C13H26Cl2O4. The molecule has 0 radical (unpaired) electrons. The summed E-state index contributed by atoms with van der Waals surface area (Å²) in [4.78, 5) is 20.6. The van der Waals surface area contributed by atoms with Crippen molar-refractivity contribution in [3.8, 4) is 0 Å². The van der Waals surface area contributed by atoms with E-state index in [9.17, 15) is 9.59 Å². The number of carbonyl (C=O) groups is 2. The van der Waals surface area contributed by atoms with Crippen LogP contribution in [0.5, 0.6) is 0 Å². The Morgan fingerprint density at radius 3 is 1.79 bits per heavy atom. The number of hydrogen-bond donors (Lipinski definition) is 2. The molecule has 0 aromatic rings. The van der Waals surface area contributed by atoms with Crippen molar-refractivity contribution in [3.63, 3.8) is 0 Å². The number of aliphatic carboxylic acids is 2. The number of carboxylic acid groups (broad SMARTS) is 2. The lowest BCUT2D eigenvalue weighted by molar-refractivity contribution is -0.138. The molecule has 0 rings (SSSR count). The van der Waals surface area contributed by atoms with Crippen LogP contribution in [0, 0.1) is 5.92 Å². The molecule has 0 aliphatic carbocycles. The number of unbranched alkanes of at least 4 members (excludes halogenated alkanes) is 4. The topological polar surface area (TPSA) is 74.6 Å². The van der Waals surface area contributed by atoms with Crippen molar-refractivity contribution in [2.45, 2.75) is 64.7 Å². The van der Waals surface area contributed by atoms with Gasteiger partial charge in [0.25, 0.3) is 0 Å². The van der Waals surface area contributed by atoms with Crippen LogP contribution in [0.1, 0.15) is 64.7 Å².